The van der Waals surface area contributed by atoms with E-state index in [9.17, 15) is 0 Å². The number of thiophene rings is 1. The first-order valence-electron chi connectivity index (χ1n) is 6.11. The molecule has 1 aliphatic rings. The topological polar surface area (TPSA) is 31.9 Å². The Hall–Kier alpha value is -1.13. The monoisotopic (exact) mass is 247 g/mol. The van der Waals surface area contributed by atoms with Gasteiger partial charge < -0.3 is 0 Å². The van der Waals surface area contributed by atoms with E-state index in [2.05, 4.69) is 40.2 Å². The van der Waals surface area contributed by atoms with Crippen LogP contribution in [0.2, 0.25) is 0 Å². The second kappa shape index (κ2) is 4.63. The van der Waals surface area contributed by atoms with Crippen LogP contribution in [0.15, 0.2) is 24.4 Å². The molecule has 0 aliphatic carbocycles. The van der Waals surface area contributed by atoms with Crippen LogP contribution in [0.25, 0.3) is 0 Å². The van der Waals surface area contributed by atoms with E-state index < -0.39 is 0 Å². The largest absolute Gasteiger partial charge is 0.290 e. The Bertz CT molecular complexity index is 475. The molecule has 0 unspecified atom stereocenters. The van der Waals surface area contributed by atoms with Crippen LogP contribution in [0.3, 0.4) is 0 Å². The predicted octanol–water partition coefficient (Wildman–Crippen LogP) is 3.12. The van der Waals surface area contributed by atoms with Crippen LogP contribution in [0.4, 0.5) is 0 Å². The number of likely N-dealkylation sites (tertiary alicyclic amines) is 1. The highest BCUT2D eigenvalue weighted by Crippen LogP contribution is 2.32. The van der Waals surface area contributed by atoms with Crippen molar-refractivity contribution < 1.29 is 0 Å². The van der Waals surface area contributed by atoms with E-state index in [0.717, 1.165) is 6.54 Å². The smallest absolute Gasteiger partial charge is 0.0523 e. The summed E-state index contributed by atoms with van der Waals surface area (Å²) in [5.74, 6) is 0. The van der Waals surface area contributed by atoms with Crippen molar-refractivity contribution in [1.82, 2.24) is 15.1 Å². The summed E-state index contributed by atoms with van der Waals surface area (Å²) in [7, 11) is 0. The van der Waals surface area contributed by atoms with Crippen molar-refractivity contribution in [2.75, 3.05) is 6.54 Å². The zero-order valence-electron chi connectivity index (χ0n) is 10.0. The lowest BCUT2D eigenvalue weighted by Crippen LogP contribution is -2.22. The summed E-state index contributed by atoms with van der Waals surface area (Å²) >= 11 is 1.91. The highest BCUT2D eigenvalue weighted by Gasteiger charge is 2.27. The van der Waals surface area contributed by atoms with Gasteiger partial charge >= 0.3 is 0 Å². The molecule has 2 aromatic rings. The van der Waals surface area contributed by atoms with Crippen molar-refractivity contribution in [2.24, 2.45) is 0 Å². The number of aromatic amines is 1. The van der Waals surface area contributed by atoms with Crippen molar-refractivity contribution in [3.8, 4) is 0 Å². The van der Waals surface area contributed by atoms with Gasteiger partial charge in [-0.2, -0.15) is 5.10 Å². The van der Waals surface area contributed by atoms with Crippen molar-refractivity contribution in [3.05, 3.63) is 39.8 Å². The minimum Gasteiger partial charge on any atom is -0.290 e. The predicted molar refractivity (Wildman–Crippen MR) is 70.0 cm³/mol. The van der Waals surface area contributed by atoms with Crippen LogP contribution in [0.1, 0.15) is 34.3 Å². The van der Waals surface area contributed by atoms with Crippen LogP contribution in [0.5, 0.6) is 0 Å². The van der Waals surface area contributed by atoms with Gasteiger partial charge in [-0.3, -0.25) is 10.00 Å². The molecular formula is C13H17N3S. The van der Waals surface area contributed by atoms with Crippen molar-refractivity contribution in [1.29, 1.82) is 0 Å². The Labute approximate surface area is 105 Å². The molecule has 0 saturated carbocycles. The number of aromatic nitrogens is 2. The molecule has 3 rings (SSSR count). The number of nitrogens with zero attached hydrogens (tertiary/aromatic N) is 2. The van der Waals surface area contributed by atoms with Gasteiger partial charge in [0.25, 0.3) is 0 Å². The fourth-order valence-corrected chi connectivity index (χ4v) is 3.51. The molecule has 3 heterocycles. The molecule has 1 aliphatic heterocycles. The summed E-state index contributed by atoms with van der Waals surface area (Å²) in [6.07, 6.45) is 4.38. The van der Waals surface area contributed by atoms with Crippen molar-refractivity contribution in [3.63, 3.8) is 0 Å². The molecule has 3 nitrogen and oxygen atoms in total. The Morgan fingerprint density at radius 2 is 2.41 bits per heavy atom. The van der Waals surface area contributed by atoms with E-state index in [-0.39, 0.29) is 0 Å². The number of rotatable bonds is 3. The number of hydrogen-bond acceptors (Lipinski definition) is 3. The first-order chi connectivity index (χ1) is 8.33. The summed E-state index contributed by atoms with van der Waals surface area (Å²) in [6, 6.07) is 7.09. The fourth-order valence-electron chi connectivity index (χ4n) is 2.59. The first-order valence-corrected chi connectivity index (χ1v) is 6.93. The molecule has 1 saturated heterocycles. The Balaban J connectivity index is 1.74. The number of hydrogen-bond donors (Lipinski definition) is 1. The third-order valence-electron chi connectivity index (χ3n) is 3.40. The summed E-state index contributed by atoms with van der Waals surface area (Å²) in [4.78, 5) is 5.42. The fraction of sp³-hybridized carbons (Fsp3) is 0.462. The van der Waals surface area contributed by atoms with Crippen LogP contribution in [0, 0.1) is 6.92 Å². The maximum absolute atomic E-state index is 4.06. The summed E-state index contributed by atoms with van der Waals surface area (Å²) in [5.41, 5.74) is 1.26. The molecule has 1 fully saturated rings. The van der Waals surface area contributed by atoms with E-state index in [0.29, 0.717) is 6.04 Å². The zero-order chi connectivity index (χ0) is 11.7. The minimum absolute atomic E-state index is 0.528. The van der Waals surface area contributed by atoms with Gasteiger partial charge in [-0.25, -0.2) is 0 Å². The SMILES string of the molecule is Cc1ccc(CN2CCC[C@@H]2c2ccn[nH]2)s1. The van der Waals surface area contributed by atoms with Gasteiger partial charge in [-0.05, 0) is 44.5 Å². The van der Waals surface area contributed by atoms with Crippen molar-refractivity contribution >= 4 is 11.3 Å². The summed E-state index contributed by atoms with van der Waals surface area (Å²) < 4.78 is 0. The first kappa shape index (κ1) is 11.0. The Morgan fingerprint density at radius 1 is 1.47 bits per heavy atom. The van der Waals surface area contributed by atoms with E-state index in [1.807, 2.05) is 17.5 Å². The maximum Gasteiger partial charge on any atom is 0.0523 e. The molecule has 90 valence electrons. The van der Waals surface area contributed by atoms with Crippen molar-refractivity contribution in [2.45, 2.75) is 32.4 Å². The standard InChI is InChI=1S/C13H17N3S/c1-10-4-5-11(17-10)9-16-8-2-3-13(16)12-6-7-14-15-12/h4-7,13H,2-3,8-9H2,1H3,(H,14,15)/t13-/m1/s1. The van der Waals surface area contributed by atoms with Gasteiger partial charge in [0.15, 0.2) is 0 Å². The molecule has 0 spiro atoms. The minimum atomic E-state index is 0.528. The normalized spacial score (nSPS) is 21.1. The molecular weight excluding hydrogens is 230 g/mol. The molecule has 1 N–H and O–H groups in total. The quantitative estimate of drug-likeness (QED) is 0.903. The number of nitrogens with one attached hydrogen (secondary N) is 1. The average Bonchev–Trinajstić information content (AvgIpc) is 3.00. The van der Waals surface area contributed by atoms with E-state index in [1.165, 1.54) is 34.8 Å². The van der Waals surface area contributed by atoms with Gasteiger partial charge in [0.1, 0.15) is 0 Å². The molecule has 1 atom stereocenters. The summed E-state index contributed by atoms with van der Waals surface area (Å²) in [6.45, 7) is 4.44. The average molecular weight is 247 g/mol. The maximum atomic E-state index is 4.06. The van der Waals surface area contributed by atoms with Crippen LogP contribution >= 0.6 is 11.3 Å². The number of aryl methyl sites for hydroxylation is 1. The lowest BCUT2D eigenvalue weighted by molar-refractivity contribution is 0.246. The number of H-pyrrole nitrogens is 1. The highest BCUT2D eigenvalue weighted by molar-refractivity contribution is 7.11. The van der Waals surface area contributed by atoms with E-state index in [1.54, 1.807) is 0 Å². The third-order valence-corrected chi connectivity index (χ3v) is 4.39. The molecule has 0 aromatic carbocycles. The van der Waals surface area contributed by atoms with Gasteiger partial charge in [-0.15, -0.1) is 11.3 Å². The summed E-state index contributed by atoms with van der Waals surface area (Å²) in [5, 5.41) is 7.18. The second-order valence-electron chi connectivity index (χ2n) is 4.65. The van der Waals surface area contributed by atoms with E-state index in [4.69, 9.17) is 0 Å². The van der Waals surface area contributed by atoms with Gasteiger partial charge in [0, 0.05) is 22.5 Å². The second-order valence-corrected chi connectivity index (χ2v) is 6.03. The van der Waals surface area contributed by atoms with Crippen LogP contribution in [-0.4, -0.2) is 21.6 Å². The van der Waals surface area contributed by atoms with Gasteiger partial charge in [0.2, 0.25) is 0 Å². The highest BCUT2D eigenvalue weighted by atomic mass is 32.1. The van der Waals surface area contributed by atoms with Gasteiger partial charge in [0.05, 0.1) is 11.7 Å². The molecule has 17 heavy (non-hydrogen) atoms. The molecule has 0 radical (unpaired) electrons. The van der Waals surface area contributed by atoms with E-state index >= 15 is 0 Å². The molecule has 0 bridgehead atoms. The molecule has 2 aromatic heterocycles. The van der Waals surface area contributed by atoms with Gasteiger partial charge in [-0.1, -0.05) is 0 Å². The Kier molecular flexibility index (Phi) is 2.99. The van der Waals surface area contributed by atoms with Crippen LogP contribution in [-0.2, 0) is 6.54 Å². The lowest BCUT2D eigenvalue weighted by atomic mass is 10.1. The lowest BCUT2D eigenvalue weighted by Gasteiger charge is -2.22. The third kappa shape index (κ3) is 2.28. The zero-order valence-corrected chi connectivity index (χ0v) is 10.8. The van der Waals surface area contributed by atoms with Crippen LogP contribution < -0.4 is 0 Å². The molecule has 4 heteroatoms. The Morgan fingerprint density at radius 3 is 3.12 bits per heavy atom. The molecule has 0 amide bonds.